The Kier molecular flexibility index (Phi) is 3.08. The van der Waals surface area contributed by atoms with Crippen LogP contribution in [-0.4, -0.2) is 16.9 Å². The minimum Gasteiger partial charge on any atom is -0.480 e. The molecule has 0 saturated heterocycles. The van der Waals surface area contributed by atoms with E-state index in [1.807, 2.05) is 19.1 Å². The lowest BCUT2D eigenvalue weighted by Gasteiger charge is -2.36. The molecule has 0 bridgehead atoms. The highest BCUT2D eigenvalue weighted by Crippen LogP contribution is 2.44. The quantitative estimate of drug-likeness (QED) is 0.688. The maximum Gasteiger partial charge on any atom is 0.317 e. The van der Waals surface area contributed by atoms with Crippen molar-refractivity contribution in [2.45, 2.75) is 26.2 Å². The van der Waals surface area contributed by atoms with Gasteiger partial charge in [0.15, 0.2) is 5.78 Å². The van der Waals surface area contributed by atoms with E-state index in [4.69, 9.17) is 0 Å². The molecule has 0 unspecified atom stereocenters. The summed E-state index contributed by atoms with van der Waals surface area (Å²) in [6.45, 7) is 1.83. The Morgan fingerprint density at radius 2 is 2.00 bits per heavy atom. The lowest BCUT2D eigenvalue weighted by Crippen LogP contribution is -2.45. The summed E-state index contributed by atoms with van der Waals surface area (Å²) < 4.78 is 0.798. The number of halogens is 1. The Morgan fingerprint density at radius 1 is 1.35 bits per heavy atom. The fourth-order valence-corrected chi connectivity index (χ4v) is 2.53. The van der Waals surface area contributed by atoms with E-state index in [-0.39, 0.29) is 5.78 Å². The van der Waals surface area contributed by atoms with E-state index in [1.54, 1.807) is 6.07 Å². The highest BCUT2D eigenvalue weighted by Gasteiger charge is 2.51. The molecular formula is C13H13BrO3. The van der Waals surface area contributed by atoms with Crippen molar-refractivity contribution in [2.75, 3.05) is 0 Å². The minimum atomic E-state index is -1.18. The number of benzene rings is 1. The summed E-state index contributed by atoms with van der Waals surface area (Å²) in [6.07, 6.45) is 1.71. The number of aryl methyl sites for hydroxylation is 1. The monoisotopic (exact) mass is 296 g/mol. The van der Waals surface area contributed by atoms with Crippen LogP contribution in [0.1, 0.15) is 35.2 Å². The van der Waals surface area contributed by atoms with Crippen molar-refractivity contribution in [1.82, 2.24) is 0 Å². The molecule has 0 radical (unpaired) electrons. The van der Waals surface area contributed by atoms with Gasteiger partial charge in [0.25, 0.3) is 0 Å². The number of rotatable bonds is 3. The van der Waals surface area contributed by atoms with E-state index < -0.39 is 11.4 Å². The zero-order valence-corrected chi connectivity index (χ0v) is 11.1. The second kappa shape index (κ2) is 4.26. The molecule has 17 heavy (non-hydrogen) atoms. The zero-order chi connectivity index (χ0) is 12.6. The van der Waals surface area contributed by atoms with Crippen LogP contribution in [0, 0.1) is 12.3 Å². The Bertz CT molecular complexity index is 489. The van der Waals surface area contributed by atoms with Crippen LogP contribution in [0.15, 0.2) is 22.7 Å². The fraction of sp³-hybridized carbons (Fsp3) is 0.385. The lowest BCUT2D eigenvalue weighted by atomic mass is 9.64. The van der Waals surface area contributed by atoms with Crippen molar-refractivity contribution in [1.29, 1.82) is 0 Å². The summed E-state index contributed by atoms with van der Waals surface area (Å²) in [5, 5.41) is 9.24. The number of hydrogen-bond acceptors (Lipinski definition) is 2. The third kappa shape index (κ3) is 1.90. The van der Waals surface area contributed by atoms with Crippen LogP contribution < -0.4 is 0 Å². The van der Waals surface area contributed by atoms with Gasteiger partial charge in [-0.05, 0) is 37.5 Å². The van der Waals surface area contributed by atoms with Crippen molar-refractivity contribution >= 4 is 27.7 Å². The number of carbonyl (C=O) groups excluding carboxylic acids is 1. The number of hydrogen-bond donors (Lipinski definition) is 1. The first kappa shape index (κ1) is 12.3. The second-order valence-electron chi connectivity index (χ2n) is 4.53. The topological polar surface area (TPSA) is 54.4 Å². The average molecular weight is 297 g/mol. The first-order valence-electron chi connectivity index (χ1n) is 5.52. The van der Waals surface area contributed by atoms with Gasteiger partial charge in [0.2, 0.25) is 0 Å². The predicted octanol–water partition coefficient (Wildman–Crippen LogP) is 3.20. The van der Waals surface area contributed by atoms with Gasteiger partial charge in [0, 0.05) is 10.0 Å². The Balaban J connectivity index is 2.43. The third-order valence-electron chi connectivity index (χ3n) is 3.50. The molecule has 0 heterocycles. The minimum absolute atomic E-state index is 0.255. The molecule has 0 amide bonds. The third-order valence-corrected chi connectivity index (χ3v) is 3.99. The average Bonchev–Trinajstić information content (AvgIpc) is 2.19. The van der Waals surface area contributed by atoms with Crippen LogP contribution in [0.4, 0.5) is 0 Å². The molecule has 90 valence electrons. The summed E-state index contributed by atoms with van der Waals surface area (Å²) in [7, 11) is 0. The van der Waals surface area contributed by atoms with Crippen LogP contribution in [0.5, 0.6) is 0 Å². The van der Waals surface area contributed by atoms with Gasteiger partial charge in [-0.15, -0.1) is 0 Å². The molecule has 0 spiro atoms. The predicted molar refractivity (Wildman–Crippen MR) is 67.1 cm³/mol. The number of aliphatic carboxylic acids is 1. The van der Waals surface area contributed by atoms with E-state index in [0.717, 1.165) is 16.5 Å². The van der Waals surface area contributed by atoms with Crippen molar-refractivity contribution in [3.05, 3.63) is 33.8 Å². The molecule has 3 nitrogen and oxygen atoms in total. The highest BCUT2D eigenvalue weighted by molar-refractivity contribution is 9.10. The molecule has 1 aromatic rings. The molecule has 2 rings (SSSR count). The van der Waals surface area contributed by atoms with Gasteiger partial charge in [-0.25, -0.2) is 0 Å². The van der Waals surface area contributed by atoms with Gasteiger partial charge < -0.3 is 5.11 Å². The summed E-state index contributed by atoms with van der Waals surface area (Å²) in [4.78, 5) is 23.6. The summed E-state index contributed by atoms with van der Waals surface area (Å²) in [6, 6.07) is 5.38. The van der Waals surface area contributed by atoms with E-state index >= 15 is 0 Å². The summed E-state index contributed by atoms with van der Waals surface area (Å²) in [5.41, 5.74) is 0.165. The SMILES string of the molecule is Cc1ccc(Br)cc1C(=O)C1(C(=O)O)CCC1. The number of carbonyl (C=O) groups is 2. The molecule has 0 atom stereocenters. The van der Waals surface area contributed by atoms with E-state index in [0.29, 0.717) is 18.4 Å². The van der Waals surface area contributed by atoms with Crippen LogP contribution in [0.3, 0.4) is 0 Å². The Labute approximate surface area is 108 Å². The van der Waals surface area contributed by atoms with Crippen molar-refractivity contribution in [3.8, 4) is 0 Å². The first-order valence-corrected chi connectivity index (χ1v) is 6.31. The van der Waals surface area contributed by atoms with Crippen molar-refractivity contribution in [3.63, 3.8) is 0 Å². The summed E-state index contributed by atoms with van der Waals surface area (Å²) >= 11 is 3.31. The van der Waals surface area contributed by atoms with Gasteiger partial charge in [-0.2, -0.15) is 0 Å². The largest absolute Gasteiger partial charge is 0.480 e. The lowest BCUT2D eigenvalue weighted by molar-refractivity contribution is -0.150. The second-order valence-corrected chi connectivity index (χ2v) is 5.44. The van der Waals surface area contributed by atoms with Crippen molar-refractivity contribution in [2.24, 2.45) is 5.41 Å². The van der Waals surface area contributed by atoms with Crippen LogP contribution in [0.2, 0.25) is 0 Å². The summed E-state index contributed by atoms with van der Waals surface area (Å²) in [5.74, 6) is -1.25. The normalized spacial score (nSPS) is 17.3. The molecule has 1 N–H and O–H groups in total. The standard InChI is InChI=1S/C13H13BrO3/c1-8-3-4-9(14)7-10(8)11(15)13(12(16)17)5-2-6-13/h3-4,7H,2,5-6H2,1H3,(H,16,17). The highest BCUT2D eigenvalue weighted by atomic mass is 79.9. The molecular weight excluding hydrogens is 284 g/mol. The molecule has 0 aromatic heterocycles. The van der Waals surface area contributed by atoms with E-state index in [9.17, 15) is 14.7 Å². The van der Waals surface area contributed by atoms with Gasteiger partial charge in [0.05, 0.1) is 0 Å². The molecule has 1 fully saturated rings. The molecule has 1 aromatic carbocycles. The maximum atomic E-state index is 12.4. The molecule has 4 heteroatoms. The van der Waals surface area contributed by atoms with Gasteiger partial charge in [0.1, 0.15) is 5.41 Å². The maximum absolute atomic E-state index is 12.4. The van der Waals surface area contributed by atoms with E-state index in [1.165, 1.54) is 0 Å². The Morgan fingerprint density at radius 3 is 2.47 bits per heavy atom. The number of Topliss-reactive ketones (excluding diaryl/α,β-unsaturated/α-hetero) is 1. The van der Waals surface area contributed by atoms with Gasteiger partial charge >= 0.3 is 5.97 Å². The zero-order valence-electron chi connectivity index (χ0n) is 9.50. The number of carboxylic acids is 1. The van der Waals surface area contributed by atoms with Crippen LogP contribution in [0.25, 0.3) is 0 Å². The van der Waals surface area contributed by atoms with Gasteiger partial charge in [-0.3, -0.25) is 9.59 Å². The van der Waals surface area contributed by atoms with Crippen LogP contribution >= 0.6 is 15.9 Å². The smallest absolute Gasteiger partial charge is 0.317 e. The van der Waals surface area contributed by atoms with E-state index in [2.05, 4.69) is 15.9 Å². The molecule has 1 aliphatic carbocycles. The first-order chi connectivity index (χ1) is 7.97. The van der Waals surface area contributed by atoms with Crippen LogP contribution in [-0.2, 0) is 4.79 Å². The number of carboxylic acid groups (broad SMARTS) is 1. The van der Waals surface area contributed by atoms with Gasteiger partial charge in [-0.1, -0.05) is 28.4 Å². The molecule has 1 aliphatic rings. The molecule has 0 aliphatic heterocycles. The number of ketones is 1. The van der Waals surface area contributed by atoms with Crippen molar-refractivity contribution < 1.29 is 14.7 Å². The fourth-order valence-electron chi connectivity index (χ4n) is 2.17. The Hall–Kier alpha value is -1.16. The molecule has 1 saturated carbocycles.